The normalized spacial score (nSPS) is 11.7. The molecule has 27 heavy (non-hydrogen) atoms. The fourth-order valence-corrected chi connectivity index (χ4v) is 3.13. The Kier molecular flexibility index (Phi) is 7.59. The standard InChI is InChI=1S/C23H30N2O2/c1-5-21(23(27)24-4)25(16-20-12-8-18(3)9-13-20)22(26)15-14-19-10-6-17(2)7-11-19/h6-13,21H,5,14-16H2,1-4H3,(H,24,27). The van der Waals surface area contributed by atoms with E-state index in [0.717, 1.165) is 11.1 Å². The third-order valence-electron chi connectivity index (χ3n) is 4.85. The number of nitrogens with zero attached hydrogens (tertiary/aromatic N) is 1. The minimum atomic E-state index is -0.457. The Balaban J connectivity index is 2.15. The summed E-state index contributed by atoms with van der Waals surface area (Å²) in [5, 5.41) is 2.69. The maximum atomic E-state index is 13.0. The van der Waals surface area contributed by atoms with Gasteiger partial charge in [0.1, 0.15) is 6.04 Å². The molecule has 2 aromatic carbocycles. The molecule has 0 aliphatic heterocycles. The molecule has 0 spiro atoms. The molecule has 0 heterocycles. The number of likely N-dealkylation sites (N-methyl/N-ethyl adjacent to an activating group) is 1. The van der Waals surface area contributed by atoms with E-state index in [1.165, 1.54) is 11.1 Å². The van der Waals surface area contributed by atoms with E-state index in [1.807, 2.05) is 45.0 Å². The van der Waals surface area contributed by atoms with Gasteiger partial charge in [-0.15, -0.1) is 0 Å². The van der Waals surface area contributed by atoms with Gasteiger partial charge in [-0.25, -0.2) is 0 Å². The predicted molar refractivity (Wildman–Crippen MR) is 109 cm³/mol. The largest absolute Gasteiger partial charge is 0.357 e. The third kappa shape index (κ3) is 5.95. The van der Waals surface area contributed by atoms with Gasteiger partial charge < -0.3 is 10.2 Å². The third-order valence-corrected chi connectivity index (χ3v) is 4.85. The van der Waals surface area contributed by atoms with E-state index < -0.39 is 6.04 Å². The Hall–Kier alpha value is -2.62. The van der Waals surface area contributed by atoms with Crippen molar-refractivity contribution < 1.29 is 9.59 Å². The topological polar surface area (TPSA) is 49.4 Å². The molecule has 0 saturated heterocycles. The average molecular weight is 367 g/mol. The monoisotopic (exact) mass is 366 g/mol. The average Bonchev–Trinajstić information content (AvgIpc) is 2.68. The van der Waals surface area contributed by atoms with E-state index in [2.05, 4.69) is 29.6 Å². The van der Waals surface area contributed by atoms with Gasteiger partial charge in [0.05, 0.1) is 0 Å². The molecule has 1 atom stereocenters. The lowest BCUT2D eigenvalue weighted by atomic mass is 10.0. The zero-order chi connectivity index (χ0) is 19.8. The summed E-state index contributed by atoms with van der Waals surface area (Å²) in [6.07, 6.45) is 1.65. The lowest BCUT2D eigenvalue weighted by molar-refractivity contribution is -0.141. The molecule has 2 amide bonds. The van der Waals surface area contributed by atoms with Crippen LogP contribution in [0.5, 0.6) is 0 Å². The second-order valence-electron chi connectivity index (χ2n) is 7.03. The molecule has 0 fully saturated rings. The molecule has 2 aromatic rings. The number of rotatable bonds is 8. The zero-order valence-corrected chi connectivity index (χ0v) is 16.8. The van der Waals surface area contributed by atoms with Crippen LogP contribution >= 0.6 is 0 Å². The highest BCUT2D eigenvalue weighted by molar-refractivity contribution is 5.87. The van der Waals surface area contributed by atoms with E-state index >= 15 is 0 Å². The first-order chi connectivity index (χ1) is 12.9. The van der Waals surface area contributed by atoms with Gasteiger partial charge in [-0.05, 0) is 37.8 Å². The lowest BCUT2D eigenvalue weighted by Gasteiger charge is -2.30. The van der Waals surface area contributed by atoms with Gasteiger partial charge in [0, 0.05) is 20.0 Å². The van der Waals surface area contributed by atoms with Gasteiger partial charge in [-0.1, -0.05) is 66.6 Å². The van der Waals surface area contributed by atoms with Gasteiger partial charge in [-0.3, -0.25) is 9.59 Å². The van der Waals surface area contributed by atoms with E-state index in [9.17, 15) is 9.59 Å². The highest BCUT2D eigenvalue weighted by Gasteiger charge is 2.27. The number of hydrogen-bond acceptors (Lipinski definition) is 2. The van der Waals surface area contributed by atoms with E-state index in [-0.39, 0.29) is 11.8 Å². The van der Waals surface area contributed by atoms with Gasteiger partial charge >= 0.3 is 0 Å². The van der Waals surface area contributed by atoms with Crippen LogP contribution in [0.2, 0.25) is 0 Å². The molecule has 0 saturated carbocycles. The van der Waals surface area contributed by atoms with E-state index in [1.54, 1.807) is 11.9 Å². The second-order valence-corrected chi connectivity index (χ2v) is 7.03. The van der Waals surface area contributed by atoms with Gasteiger partial charge in [0.25, 0.3) is 0 Å². The van der Waals surface area contributed by atoms with Crippen LogP contribution in [-0.2, 0) is 22.6 Å². The minimum absolute atomic E-state index is 0.00611. The molecule has 4 nitrogen and oxygen atoms in total. The Bertz CT molecular complexity index is 751. The SMILES string of the molecule is CCC(C(=O)NC)N(Cc1ccc(C)cc1)C(=O)CCc1ccc(C)cc1. The molecule has 1 unspecified atom stereocenters. The van der Waals surface area contributed by atoms with Crippen LogP contribution in [-0.4, -0.2) is 29.8 Å². The number of benzene rings is 2. The minimum Gasteiger partial charge on any atom is -0.357 e. The van der Waals surface area contributed by atoms with Gasteiger partial charge in [-0.2, -0.15) is 0 Å². The van der Waals surface area contributed by atoms with Crippen LogP contribution in [0, 0.1) is 13.8 Å². The quantitative estimate of drug-likeness (QED) is 0.773. The van der Waals surface area contributed by atoms with E-state index in [0.29, 0.717) is 25.8 Å². The number of aryl methyl sites for hydroxylation is 3. The molecule has 0 aromatic heterocycles. The molecule has 144 valence electrons. The number of hydrogen-bond donors (Lipinski definition) is 1. The summed E-state index contributed by atoms with van der Waals surface area (Å²) in [5.74, 6) is -0.111. The highest BCUT2D eigenvalue weighted by Crippen LogP contribution is 2.16. The maximum Gasteiger partial charge on any atom is 0.242 e. The molecular weight excluding hydrogens is 336 g/mol. The smallest absolute Gasteiger partial charge is 0.242 e. The summed E-state index contributed by atoms with van der Waals surface area (Å²) in [6, 6.07) is 15.9. The fraction of sp³-hybridized carbons (Fsp3) is 0.391. The van der Waals surface area contributed by atoms with Gasteiger partial charge in [0.15, 0.2) is 0 Å². The van der Waals surface area contributed by atoms with Gasteiger partial charge in [0.2, 0.25) is 11.8 Å². The van der Waals surface area contributed by atoms with Crippen molar-refractivity contribution in [3.8, 4) is 0 Å². The first-order valence-corrected chi connectivity index (χ1v) is 9.56. The van der Waals surface area contributed by atoms with Crippen molar-refractivity contribution in [3.05, 3.63) is 70.8 Å². The molecule has 0 bridgehead atoms. The molecule has 0 aliphatic carbocycles. The molecule has 4 heteroatoms. The van der Waals surface area contributed by atoms with Crippen LogP contribution in [0.3, 0.4) is 0 Å². The van der Waals surface area contributed by atoms with Crippen molar-refractivity contribution in [1.82, 2.24) is 10.2 Å². The zero-order valence-electron chi connectivity index (χ0n) is 16.8. The second kappa shape index (κ2) is 9.91. The number of carbonyl (C=O) groups is 2. The molecule has 2 rings (SSSR count). The van der Waals surface area contributed by atoms with Crippen molar-refractivity contribution in [3.63, 3.8) is 0 Å². The summed E-state index contributed by atoms with van der Waals surface area (Å²) in [7, 11) is 1.62. The highest BCUT2D eigenvalue weighted by atomic mass is 16.2. The number of carbonyl (C=O) groups excluding carboxylic acids is 2. The van der Waals surface area contributed by atoms with Crippen LogP contribution in [0.25, 0.3) is 0 Å². The number of nitrogens with one attached hydrogen (secondary N) is 1. The molecule has 0 radical (unpaired) electrons. The summed E-state index contributed by atoms with van der Waals surface area (Å²) in [5.41, 5.74) is 4.55. The van der Waals surface area contributed by atoms with Crippen LogP contribution in [0.1, 0.15) is 42.0 Å². The summed E-state index contributed by atoms with van der Waals surface area (Å²) in [6.45, 7) is 6.47. The molecule has 1 N–H and O–H groups in total. The predicted octanol–water partition coefficient (Wildman–Crippen LogP) is 3.79. The molecule has 0 aliphatic rings. The van der Waals surface area contributed by atoms with Crippen LogP contribution < -0.4 is 5.32 Å². The summed E-state index contributed by atoms with van der Waals surface area (Å²) >= 11 is 0. The molecular formula is C23H30N2O2. The number of amides is 2. The first-order valence-electron chi connectivity index (χ1n) is 9.56. The van der Waals surface area contributed by atoms with Crippen LogP contribution in [0.15, 0.2) is 48.5 Å². The Morgan fingerprint density at radius 3 is 1.93 bits per heavy atom. The van der Waals surface area contributed by atoms with Crippen LogP contribution in [0.4, 0.5) is 0 Å². The summed E-state index contributed by atoms with van der Waals surface area (Å²) in [4.78, 5) is 27.1. The Morgan fingerprint density at radius 1 is 0.926 bits per heavy atom. The van der Waals surface area contributed by atoms with Crippen molar-refractivity contribution in [2.24, 2.45) is 0 Å². The maximum absolute atomic E-state index is 13.0. The van der Waals surface area contributed by atoms with Crippen molar-refractivity contribution in [2.75, 3.05) is 7.05 Å². The van der Waals surface area contributed by atoms with Crippen molar-refractivity contribution >= 4 is 11.8 Å². The van der Waals surface area contributed by atoms with E-state index in [4.69, 9.17) is 0 Å². The first kappa shape index (κ1) is 20.7. The van der Waals surface area contributed by atoms with Crippen molar-refractivity contribution in [2.45, 2.75) is 52.6 Å². The Labute approximate surface area is 162 Å². The Morgan fingerprint density at radius 2 is 1.44 bits per heavy atom. The summed E-state index contributed by atoms with van der Waals surface area (Å²) < 4.78 is 0. The van der Waals surface area contributed by atoms with Crippen molar-refractivity contribution in [1.29, 1.82) is 0 Å². The lowest BCUT2D eigenvalue weighted by Crippen LogP contribution is -2.48. The fourth-order valence-electron chi connectivity index (χ4n) is 3.13.